The third-order valence-corrected chi connectivity index (χ3v) is 3.56. The lowest BCUT2D eigenvalue weighted by molar-refractivity contribution is 0.571. The molecule has 100 valence electrons. The van der Waals surface area contributed by atoms with E-state index in [0.717, 1.165) is 36.2 Å². The van der Waals surface area contributed by atoms with Gasteiger partial charge in [-0.05, 0) is 39.0 Å². The highest BCUT2D eigenvalue weighted by Crippen LogP contribution is 2.20. The van der Waals surface area contributed by atoms with Crippen LogP contribution >= 0.6 is 0 Å². The summed E-state index contributed by atoms with van der Waals surface area (Å²) in [4.78, 5) is 9.31. The number of hydrogen-bond acceptors (Lipinski definition) is 3. The standard InChI is InChI=1S/C15H25N3/c1-10(2)5-8-15-17-11(3)14(12(4)18-15)9-16-13-6-7-13/h10,13,16H,5-9H2,1-4H3. The molecule has 3 heteroatoms. The molecule has 0 aromatic carbocycles. The molecule has 0 amide bonds. The number of aryl methyl sites for hydroxylation is 3. The van der Waals surface area contributed by atoms with Crippen molar-refractivity contribution in [2.45, 2.75) is 66.0 Å². The van der Waals surface area contributed by atoms with E-state index < -0.39 is 0 Å². The molecule has 0 spiro atoms. The van der Waals surface area contributed by atoms with E-state index >= 15 is 0 Å². The van der Waals surface area contributed by atoms with Gasteiger partial charge in [-0.2, -0.15) is 0 Å². The van der Waals surface area contributed by atoms with Crippen LogP contribution in [-0.2, 0) is 13.0 Å². The fourth-order valence-electron chi connectivity index (χ4n) is 2.13. The van der Waals surface area contributed by atoms with Crippen molar-refractivity contribution in [3.8, 4) is 0 Å². The third-order valence-electron chi connectivity index (χ3n) is 3.56. The van der Waals surface area contributed by atoms with Gasteiger partial charge in [0.2, 0.25) is 0 Å². The van der Waals surface area contributed by atoms with Crippen molar-refractivity contribution in [1.29, 1.82) is 0 Å². The minimum absolute atomic E-state index is 0.713. The number of hydrogen-bond donors (Lipinski definition) is 1. The Morgan fingerprint density at radius 3 is 2.28 bits per heavy atom. The van der Waals surface area contributed by atoms with Crippen molar-refractivity contribution in [3.05, 3.63) is 22.8 Å². The Labute approximate surface area is 110 Å². The topological polar surface area (TPSA) is 37.8 Å². The zero-order chi connectivity index (χ0) is 13.1. The average molecular weight is 247 g/mol. The molecule has 0 saturated heterocycles. The van der Waals surface area contributed by atoms with E-state index in [9.17, 15) is 0 Å². The summed E-state index contributed by atoms with van der Waals surface area (Å²) >= 11 is 0. The first-order chi connectivity index (χ1) is 8.56. The molecule has 18 heavy (non-hydrogen) atoms. The van der Waals surface area contributed by atoms with Gasteiger partial charge in [-0.15, -0.1) is 0 Å². The lowest BCUT2D eigenvalue weighted by Gasteiger charge is -2.12. The SMILES string of the molecule is Cc1nc(CCC(C)C)nc(C)c1CNC1CC1. The molecule has 1 aromatic rings. The average Bonchev–Trinajstić information content (AvgIpc) is 3.09. The highest BCUT2D eigenvalue weighted by molar-refractivity contribution is 5.24. The molecule has 1 aliphatic rings. The minimum atomic E-state index is 0.713. The summed E-state index contributed by atoms with van der Waals surface area (Å²) in [6.45, 7) is 9.63. The smallest absolute Gasteiger partial charge is 0.128 e. The van der Waals surface area contributed by atoms with Gasteiger partial charge in [0.05, 0.1) is 0 Å². The molecule has 1 aliphatic carbocycles. The number of aromatic nitrogens is 2. The molecule has 1 fully saturated rings. The van der Waals surface area contributed by atoms with E-state index in [0.29, 0.717) is 5.92 Å². The first kappa shape index (κ1) is 13.5. The molecule has 2 rings (SSSR count). The van der Waals surface area contributed by atoms with E-state index in [4.69, 9.17) is 0 Å². The highest BCUT2D eigenvalue weighted by atomic mass is 15.0. The molecule has 0 unspecified atom stereocenters. The molecule has 1 N–H and O–H groups in total. The van der Waals surface area contributed by atoms with Crippen molar-refractivity contribution in [3.63, 3.8) is 0 Å². The molecule has 0 radical (unpaired) electrons. The zero-order valence-electron chi connectivity index (χ0n) is 12.1. The van der Waals surface area contributed by atoms with Crippen LogP contribution in [0.1, 0.15) is 55.9 Å². The van der Waals surface area contributed by atoms with Crippen LogP contribution < -0.4 is 5.32 Å². The van der Waals surface area contributed by atoms with E-state index in [1.165, 1.54) is 24.8 Å². The summed E-state index contributed by atoms with van der Waals surface area (Å²) in [6, 6.07) is 0.740. The molecule has 0 aliphatic heterocycles. The van der Waals surface area contributed by atoms with E-state index in [1.807, 2.05) is 0 Å². The summed E-state index contributed by atoms with van der Waals surface area (Å²) in [6.07, 6.45) is 4.81. The second-order valence-corrected chi connectivity index (χ2v) is 5.88. The third kappa shape index (κ3) is 3.77. The summed E-state index contributed by atoms with van der Waals surface area (Å²) < 4.78 is 0. The van der Waals surface area contributed by atoms with Gasteiger partial charge < -0.3 is 5.32 Å². The maximum absolute atomic E-state index is 4.65. The molecule has 1 heterocycles. The van der Waals surface area contributed by atoms with E-state index in [-0.39, 0.29) is 0 Å². The molecule has 3 nitrogen and oxygen atoms in total. The van der Waals surface area contributed by atoms with Crippen molar-refractivity contribution < 1.29 is 0 Å². The Hall–Kier alpha value is -0.960. The van der Waals surface area contributed by atoms with Crippen LogP contribution in [0.15, 0.2) is 0 Å². The van der Waals surface area contributed by atoms with Gasteiger partial charge in [0.25, 0.3) is 0 Å². The van der Waals surface area contributed by atoms with Gasteiger partial charge in [-0.3, -0.25) is 0 Å². The first-order valence-corrected chi connectivity index (χ1v) is 7.12. The lowest BCUT2D eigenvalue weighted by Crippen LogP contribution is -2.18. The predicted octanol–water partition coefficient (Wildman–Crippen LogP) is 2.93. The van der Waals surface area contributed by atoms with Gasteiger partial charge in [0.1, 0.15) is 5.82 Å². The largest absolute Gasteiger partial charge is 0.310 e. The van der Waals surface area contributed by atoms with Crippen LogP contribution in [0.25, 0.3) is 0 Å². The summed E-state index contributed by atoms with van der Waals surface area (Å²) in [7, 11) is 0. The quantitative estimate of drug-likeness (QED) is 0.840. The monoisotopic (exact) mass is 247 g/mol. The van der Waals surface area contributed by atoms with Crippen LogP contribution in [0.5, 0.6) is 0 Å². The van der Waals surface area contributed by atoms with Crippen LogP contribution in [0.4, 0.5) is 0 Å². The maximum atomic E-state index is 4.65. The zero-order valence-corrected chi connectivity index (χ0v) is 12.1. The van der Waals surface area contributed by atoms with Crippen LogP contribution in [0.3, 0.4) is 0 Å². The molecule has 0 bridgehead atoms. The molecule has 1 aromatic heterocycles. The van der Waals surface area contributed by atoms with Crippen LogP contribution in [0, 0.1) is 19.8 Å². The van der Waals surface area contributed by atoms with Gasteiger partial charge in [0.15, 0.2) is 0 Å². The van der Waals surface area contributed by atoms with Crippen molar-refractivity contribution in [2.75, 3.05) is 0 Å². The normalized spacial score (nSPS) is 15.4. The predicted molar refractivity (Wildman–Crippen MR) is 74.5 cm³/mol. The Morgan fingerprint density at radius 1 is 1.17 bits per heavy atom. The van der Waals surface area contributed by atoms with Crippen molar-refractivity contribution in [2.24, 2.45) is 5.92 Å². The van der Waals surface area contributed by atoms with Crippen LogP contribution in [0.2, 0.25) is 0 Å². The maximum Gasteiger partial charge on any atom is 0.128 e. The number of rotatable bonds is 6. The Bertz CT molecular complexity index is 385. The Morgan fingerprint density at radius 2 is 1.78 bits per heavy atom. The first-order valence-electron chi connectivity index (χ1n) is 7.12. The fourth-order valence-corrected chi connectivity index (χ4v) is 2.13. The fraction of sp³-hybridized carbons (Fsp3) is 0.733. The van der Waals surface area contributed by atoms with Gasteiger partial charge in [-0.1, -0.05) is 13.8 Å². The van der Waals surface area contributed by atoms with E-state index in [1.54, 1.807) is 0 Å². The molecular weight excluding hydrogens is 222 g/mol. The van der Waals surface area contributed by atoms with Crippen LogP contribution in [-0.4, -0.2) is 16.0 Å². The Kier molecular flexibility index (Phi) is 4.33. The van der Waals surface area contributed by atoms with Gasteiger partial charge in [0, 0.05) is 36.0 Å². The summed E-state index contributed by atoms with van der Waals surface area (Å²) in [5, 5.41) is 3.54. The van der Waals surface area contributed by atoms with Crippen molar-refractivity contribution in [1.82, 2.24) is 15.3 Å². The Balaban J connectivity index is 2.02. The highest BCUT2D eigenvalue weighted by Gasteiger charge is 2.21. The lowest BCUT2D eigenvalue weighted by atomic mass is 10.1. The second-order valence-electron chi connectivity index (χ2n) is 5.88. The number of nitrogens with one attached hydrogen (secondary N) is 1. The molecular formula is C15H25N3. The van der Waals surface area contributed by atoms with Gasteiger partial charge >= 0.3 is 0 Å². The van der Waals surface area contributed by atoms with Crippen molar-refractivity contribution >= 4 is 0 Å². The minimum Gasteiger partial charge on any atom is -0.310 e. The molecule has 0 atom stereocenters. The second kappa shape index (κ2) is 5.79. The number of nitrogens with zero attached hydrogens (tertiary/aromatic N) is 2. The summed E-state index contributed by atoms with van der Waals surface area (Å²) in [5.74, 6) is 1.72. The van der Waals surface area contributed by atoms with E-state index in [2.05, 4.69) is 43.0 Å². The van der Waals surface area contributed by atoms with Gasteiger partial charge in [-0.25, -0.2) is 9.97 Å². The summed E-state index contributed by atoms with van der Waals surface area (Å²) in [5.41, 5.74) is 3.58. The molecule has 1 saturated carbocycles.